The fraction of sp³-hybridized carbons (Fsp3) is 0.643. The Hall–Kier alpha value is -3.71. The number of halogens is 3. The first-order valence-electron chi connectivity index (χ1n) is 14.1. The van der Waals surface area contributed by atoms with Crippen molar-refractivity contribution in [3.05, 3.63) is 35.1 Å². The summed E-state index contributed by atoms with van der Waals surface area (Å²) in [5, 5.41) is 7.35. The van der Waals surface area contributed by atoms with Gasteiger partial charge in [0.15, 0.2) is 5.82 Å². The van der Waals surface area contributed by atoms with Crippen LogP contribution in [-0.4, -0.2) is 69.5 Å². The van der Waals surface area contributed by atoms with Crippen molar-refractivity contribution in [3.63, 3.8) is 0 Å². The number of aromatic nitrogens is 3. The molecule has 0 radical (unpaired) electrons. The molecule has 0 spiro atoms. The maximum Gasteiger partial charge on any atom is 0.491 e. The van der Waals surface area contributed by atoms with Gasteiger partial charge in [0.2, 0.25) is 5.89 Å². The third kappa shape index (κ3) is 8.65. The van der Waals surface area contributed by atoms with Gasteiger partial charge in [-0.15, -0.1) is 0 Å². The fourth-order valence-corrected chi connectivity index (χ4v) is 5.13. The van der Waals surface area contributed by atoms with Gasteiger partial charge in [-0.25, -0.2) is 14.6 Å². The lowest BCUT2D eigenvalue weighted by Gasteiger charge is -2.40. The Morgan fingerprint density at radius 3 is 2.52 bits per heavy atom. The first-order chi connectivity index (χ1) is 19.7. The summed E-state index contributed by atoms with van der Waals surface area (Å²) in [6, 6.07) is 4.11. The molecule has 11 nitrogen and oxygen atoms in total. The number of carbonyl (C=O) groups is 3. The van der Waals surface area contributed by atoms with Crippen molar-refractivity contribution in [1.82, 2.24) is 20.0 Å². The molecule has 0 saturated carbocycles. The maximum absolute atomic E-state index is 12.7. The summed E-state index contributed by atoms with van der Waals surface area (Å²) in [5.41, 5.74) is 0.492. The van der Waals surface area contributed by atoms with E-state index in [4.69, 9.17) is 9.26 Å². The topological polar surface area (TPSA) is 137 Å². The number of anilines is 1. The predicted molar refractivity (Wildman–Crippen MR) is 142 cm³/mol. The minimum Gasteiger partial charge on any atom is -0.444 e. The monoisotopic (exact) mass is 595 g/mol. The number of ether oxygens (including phenoxy) is 2. The number of aryl methyl sites for hydroxylation is 3. The Balaban J connectivity index is 1.38. The molecule has 0 unspecified atom stereocenters. The molecule has 2 aliphatic rings. The van der Waals surface area contributed by atoms with Gasteiger partial charge in [-0.05, 0) is 76.3 Å². The molecule has 1 N–H and O–H groups in total. The number of amides is 1. The van der Waals surface area contributed by atoms with Gasteiger partial charge in [-0.3, -0.25) is 4.79 Å². The van der Waals surface area contributed by atoms with E-state index in [9.17, 15) is 27.6 Å². The highest BCUT2D eigenvalue weighted by molar-refractivity contribution is 5.88. The Bertz CT molecular complexity index is 1280. The van der Waals surface area contributed by atoms with Gasteiger partial charge in [0, 0.05) is 38.2 Å². The summed E-state index contributed by atoms with van der Waals surface area (Å²) in [6.45, 7) is 6.48. The van der Waals surface area contributed by atoms with Crippen LogP contribution in [0.2, 0.25) is 0 Å². The maximum atomic E-state index is 12.7. The van der Waals surface area contributed by atoms with Crippen LogP contribution in [0.5, 0.6) is 0 Å². The Labute approximate surface area is 241 Å². The summed E-state index contributed by atoms with van der Waals surface area (Å²) < 4.78 is 52.9. The molecule has 42 heavy (non-hydrogen) atoms. The van der Waals surface area contributed by atoms with Crippen molar-refractivity contribution in [1.29, 1.82) is 0 Å². The highest BCUT2D eigenvalue weighted by atomic mass is 19.4. The summed E-state index contributed by atoms with van der Waals surface area (Å²) in [6.07, 6.45) is -1.78. The van der Waals surface area contributed by atoms with Crippen molar-refractivity contribution in [3.8, 4) is 0 Å². The minimum absolute atomic E-state index is 0.0650. The zero-order valence-electron chi connectivity index (χ0n) is 24.0. The lowest BCUT2D eigenvalue weighted by atomic mass is 9.73. The van der Waals surface area contributed by atoms with E-state index in [1.807, 2.05) is 6.07 Å². The standard InChI is InChI=1S/C28H36F3N5O6/c1-26(2,3)41-25(39)36-14-11-27(12-15-36,17-22(37)40-24(38)28(29,30)31)16-21-34-20(35-42-21)8-4-7-19-10-9-18-6-5-13-32-23(18)33-19/h9-10H,4-8,11-17H2,1-3H3,(H,32,33). The normalized spacial score (nSPS) is 16.8. The van der Waals surface area contributed by atoms with Crippen LogP contribution in [0, 0.1) is 5.41 Å². The number of alkyl halides is 3. The molecule has 2 aliphatic heterocycles. The number of rotatable bonds is 8. The number of nitrogens with one attached hydrogen (secondary N) is 1. The van der Waals surface area contributed by atoms with Gasteiger partial charge in [0.25, 0.3) is 0 Å². The summed E-state index contributed by atoms with van der Waals surface area (Å²) in [4.78, 5) is 46.8. The number of hydrogen-bond donors (Lipinski definition) is 1. The third-order valence-corrected chi connectivity index (χ3v) is 7.25. The Kier molecular flexibility index (Phi) is 9.41. The molecule has 0 aliphatic carbocycles. The number of esters is 2. The van der Waals surface area contributed by atoms with Gasteiger partial charge in [0.1, 0.15) is 11.4 Å². The van der Waals surface area contributed by atoms with E-state index in [2.05, 4.69) is 31.2 Å². The number of piperidine rings is 1. The van der Waals surface area contributed by atoms with Crippen LogP contribution in [-0.2, 0) is 44.7 Å². The van der Waals surface area contributed by atoms with E-state index >= 15 is 0 Å². The molecule has 2 aromatic heterocycles. The van der Waals surface area contributed by atoms with Crippen molar-refractivity contribution in [2.75, 3.05) is 25.0 Å². The average molecular weight is 596 g/mol. The Morgan fingerprint density at radius 2 is 1.83 bits per heavy atom. The smallest absolute Gasteiger partial charge is 0.444 e. The average Bonchev–Trinajstić information content (AvgIpc) is 3.34. The molecular weight excluding hydrogens is 559 g/mol. The van der Waals surface area contributed by atoms with Crippen molar-refractivity contribution in [2.24, 2.45) is 5.41 Å². The van der Waals surface area contributed by atoms with Crippen LogP contribution in [0.25, 0.3) is 0 Å². The van der Waals surface area contributed by atoms with E-state index in [-0.39, 0.29) is 38.2 Å². The Morgan fingerprint density at radius 1 is 1.10 bits per heavy atom. The zero-order valence-corrected chi connectivity index (χ0v) is 24.0. The second-order valence-electron chi connectivity index (χ2n) is 11.9. The molecule has 1 saturated heterocycles. The second-order valence-corrected chi connectivity index (χ2v) is 11.9. The van der Waals surface area contributed by atoms with E-state index in [1.54, 1.807) is 20.8 Å². The molecule has 4 rings (SSSR count). The van der Waals surface area contributed by atoms with Gasteiger partial charge >= 0.3 is 24.2 Å². The molecule has 0 atom stereocenters. The van der Waals surface area contributed by atoms with E-state index < -0.39 is 41.6 Å². The molecular formula is C28H36F3N5O6. The molecule has 1 fully saturated rings. The van der Waals surface area contributed by atoms with Gasteiger partial charge in [-0.1, -0.05) is 11.2 Å². The van der Waals surface area contributed by atoms with E-state index in [1.165, 1.54) is 10.5 Å². The number of carbonyl (C=O) groups excluding carboxylic acids is 3. The quantitative estimate of drug-likeness (QED) is 0.341. The number of hydrogen-bond acceptors (Lipinski definition) is 10. The molecule has 4 heterocycles. The van der Waals surface area contributed by atoms with Crippen LogP contribution in [0.3, 0.4) is 0 Å². The van der Waals surface area contributed by atoms with Crippen molar-refractivity contribution < 1.29 is 41.6 Å². The summed E-state index contributed by atoms with van der Waals surface area (Å²) >= 11 is 0. The van der Waals surface area contributed by atoms with Crippen LogP contribution in [0.15, 0.2) is 16.7 Å². The van der Waals surface area contributed by atoms with Crippen LogP contribution < -0.4 is 5.32 Å². The highest BCUT2D eigenvalue weighted by Gasteiger charge is 2.45. The molecule has 0 aromatic carbocycles. The van der Waals surface area contributed by atoms with Crippen LogP contribution in [0.1, 0.15) is 75.8 Å². The third-order valence-electron chi connectivity index (χ3n) is 7.25. The number of pyridine rings is 1. The number of fused-ring (bicyclic) bond motifs is 1. The van der Waals surface area contributed by atoms with Gasteiger partial charge < -0.3 is 24.2 Å². The number of nitrogens with zero attached hydrogens (tertiary/aromatic N) is 4. The summed E-state index contributed by atoms with van der Waals surface area (Å²) in [7, 11) is 0. The molecule has 1 amide bonds. The lowest BCUT2D eigenvalue weighted by Crippen LogP contribution is -2.47. The zero-order chi connectivity index (χ0) is 30.5. The first-order valence-corrected chi connectivity index (χ1v) is 14.1. The van der Waals surface area contributed by atoms with Gasteiger partial charge in [0.05, 0.1) is 6.42 Å². The molecule has 230 valence electrons. The first kappa shape index (κ1) is 31.2. The molecule has 14 heteroatoms. The van der Waals surface area contributed by atoms with Crippen LogP contribution >= 0.6 is 0 Å². The second kappa shape index (κ2) is 12.7. The van der Waals surface area contributed by atoms with Crippen LogP contribution in [0.4, 0.5) is 23.8 Å². The molecule has 2 aromatic rings. The fourth-order valence-electron chi connectivity index (χ4n) is 5.13. The van der Waals surface area contributed by atoms with Crippen molar-refractivity contribution >= 4 is 23.8 Å². The number of likely N-dealkylation sites (tertiary alicyclic amines) is 1. The summed E-state index contributed by atoms with van der Waals surface area (Å²) in [5.74, 6) is -2.29. The van der Waals surface area contributed by atoms with Crippen molar-refractivity contribution in [2.45, 2.75) is 90.3 Å². The van der Waals surface area contributed by atoms with E-state index in [0.29, 0.717) is 25.1 Å². The highest BCUT2D eigenvalue weighted by Crippen LogP contribution is 2.39. The van der Waals surface area contributed by atoms with E-state index in [0.717, 1.165) is 30.9 Å². The lowest BCUT2D eigenvalue weighted by molar-refractivity contribution is -0.202. The van der Waals surface area contributed by atoms with Gasteiger partial charge in [-0.2, -0.15) is 18.2 Å². The molecule has 0 bridgehead atoms. The largest absolute Gasteiger partial charge is 0.491 e. The minimum atomic E-state index is -5.30. The SMILES string of the molecule is CC(C)(C)OC(=O)N1CCC(CC(=O)OC(=O)C(F)(F)F)(Cc2nc(CCCc3ccc4c(n3)NCCC4)no2)CC1. The predicted octanol–water partition coefficient (Wildman–Crippen LogP) is 4.58.